The maximum absolute atomic E-state index is 10.9. The Morgan fingerprint density at radius 2 is 2.13 bits per heavy atom. The third-order valence-electron chi connectivity index (χ3n) is 2.93. The Morgan fingerprint density at radius 3 is 2.87 bits per heavy atom. The normalized spacial score (nSPS) is 10.8. The van der Waals surface area contributed by atoms with E-state index in [9.17, 15) is 14.9 Å². The van der Waals surface area contributed by atoms with Gasteiger partial charge < -0.3 is 5.73 Å². The van der Waals surface area contributed by atoms with Crippen molar-refractivity contribution in [3.05, 3.63) is 46.5 Å². The molecule has 0 atom stereocenters. The van der Waals surface area contributed by atoms with Crippen LogP contribution in [0.25, 0.3) is 16.9 Å². The summed E-state index contributed by atoms with van der Waals surface area (Å²) in [5.74, 6) is -0.412. The first-order chi connectivity index (χ1) is 11.0. The highest BCUT2D eigenvalue weighted by molar-refractivity contribution is 7.99. The van der Waals surface area contributed by atoms with Gasteiger partial charge in [0, 0.05) is 17.7 Å². The second kappa shape index (κ2) is 6.01. The summed E-state index contributed by atoms with van der Waals surface area (Å²) >= 11 is 1.12. The molecule has 10 heteroatoms. The van der Waals surface area contributed by atoms with E-state index in [4.69, 9.17) is 5.73 Å². The summed E-state index contributed by atoms with van der Waals surface area (Å²) in [6.07, 6.45) is 0. The van der Waals surface area contributed by atoms with E-state index in [1.54, 1.807) is 24.3 Å². The molecule has 1 amide bonds. The van der Waals surface area contributed by atoms with E-state index in [0.29, 0.717) is 22.1 Å². The molecule has 23 heavy (non-hydrogen) atoms. The standard InChI is InChI=1S/C13H10N6O3S/c14-11(20)7-23-13-16-15-12-5-4-10(17-18(12)13)8-2-1-3-9(6-8)19(21)22/h1-6H,7H2,(H2,14,20). The molecule has 3 rings (SSSR count). The molecule has 0 unspecified atom stereocenters. The van der Waals surface area contributed by atoms with Crippen LogP contribution in [0.5, 0.6) is 0 Å². The lowest BCUT2D eigenvalue weighted by atomic mass is 10.1. The smallest absolute Gasteiger partial charge is 0.270 e. The number of carbonyl (C=O) groups excluding carboxylic acids is 1. The van der Waals surface area contributed by atoms with Crippen molar-refractivity contribution in [1.82, 2.24) is 19.8 Å². The summed E-state index contributed by atoms with van der Waals surface area (Å²) in [4.78, 5) is 21.3. The predicted octanol–water partition coefficient (Wildman–Crippen LogP) is 1.28. The van der Waals surface area contributed by atoms with Crippen molar-refractivity contribution in [2.75, 3.05) is 5.75 Å². The molecule has 0 aliphatic carbocycles. The summed E-state index contributed by atoms with van der Waals surface area (Å²) in [6, 6.07) is 9.56. The molecule has 2 aromatic heterocycles. The van der Waals surface area contributed by atoms with Gasteiger partial charge in [0.2, 0.25) is 11.1 Å². The Labute approximate surface area is 133 Å². The number of hydrogen-bond donors (Lipinski definition) is 1. The molecule has 2 heterocycles. The highest BCUT2D eigenvalue weighted by Crippen LogP contribution is 2.23. The van der Waals surface area contributed by atoms with Crippen LogP contribution in [0.15, 0.2) is 41.6 Å². The average molecular weight is 330 g/mol. The molecule has 0 aliphatic heterocycles. The van der Waals surface area contributed by atoms with Crippen LogP contribution < -0.4 is 5.73 Å². The van der Waals surface area contributed by atoms with Gasteiger partial charge in [-0.2, -0.15) is 9.61 Å². The zero-order valence-corrected chi connectivity index (χ0v) is 12.4. The zero-order chi connectivity index (χ0) is 16.4. The lowest BCUT2D eigenvalue weighted by molar-refractivity contribution is -0.384. The number of nitro groups is 1. The first-order valence-corrected chi connectivity index (χ1v) is 7.41. The van der Waals surface area contributed by atoms with Crippen molar-refractivity contribution in [2.45, 2.75) is 5.16 Å². The maximum atomic E-state index is 10.9. The van der Waals surface area contributed by atoms with Crippen LogP contribution in [0.2, 0.25) is 0 Å². The number of fused-ring (bicyclic) bond motifs is 1. The van der Waals surface area contributed by atoms with Crippen LogP contribution >= 0.6 is 11.8 Å². The third-order valence-corrected chi connectivity index (χ3v) is 3.87. The minimum atomic E-state index is -0.471. The highest BCUT2D eigenvalue weighted by atomic mass is 32.2. The molecule has 0 spiro atoms. The number of aromatic nitrogens is 4. The fraction of sp³-hybridized carbons (Fsp3) is 0.0769. The Morgan fingerprint density at radius 1 is 1.30 bits per heavy atom. The van der Waals surface area contributed by atoms with Crippen LogP contribution in [-0.4, -0.2) is 36.4 Å². The van der Waals surface area contributed by atoms with Gasteiger partial charge in [-0.3, -0.25) is 14.9 Å². The number of nitro benzene ring substituents is 1. The van der Waals surface area contributed by atoms with Crippen LogP contribution in [0.3, 0.4) is 0 Å². The minimum absolute atomic E-state index is 0.0171. The largest absolute Gasteiger partial charge is 0.369 e. The minimum Gasteiger partial charge on any atom is -0.369 e. The lowest BCUT2D eigenvalue weighted by Crippen LogP contribution is -2.13. The fourth-order valence-corrected chi connectivity index (χ4v) is 2.55. The van der Waals surface area contributed by atoms with Gasteiger partial charge in [0.15, 0.2) is 5.65 Å². The number of benzene rings is 1. The molecule has 3 aromatic rings. The first-order valence-electron chi connectivity index (χ1n) is 6.43. The Hall–Kier alpha value is -3.01. The fourth-order valence-electron chi connectivity index (χ4n) is 1.93. The average Bonchev–Trinajstić information content (AvgIpc) is 2.95. The topological polar surface area (TPSA) is 129 Å². The van der Waals surface area contributed by atoms with Gasteiger partial charge in [-0.05, 0) is 12.1 Å². The number of nitrogens with two attached hydrogens (primary N) is 1. The maximum Gasteiger partial charge on any atom is 0.270 e. The second-order valence-electron chi connectivity index (χ2n) is 4.53. The molecule has 0 saturated carbocycles. The number of rotatable bonds is 5. The van der Waals surface area contributed by atoms with Gasteiger partial charge in [-0.25, -0.2) is 0 Å². The molecule has 2 N–H and O–H groups in total. The monoisotopic (exact) mass is 330 g/mol. The molecule has 116 valence electrons. The summed E-state index contributed by atoms with van der Waals surface area (Å²) < 4.78 is 1.47. The predicted molar refractivity (Wildman–Crippen MR) is 82.8 cm³/mol. The van der Waals surface area contributed by atoms with Gasteiger partial charge in [-0.15, -0.1) is 10.2 Å². The number of amides is 1. The first kappa shape index (κ1) is 14.9. The van der Waals surface area contributed by atoms with E-state index in [1.807, 2.05) is 0 Å². The van der Waals surface area contributed by atoms with E-state index >= 15 is 0 Å². The van der Waals surface area contributed by atoms with Gasteiger partial charge in [0.25, 0.3) is 5.69 Å². The molecular formula is C13H10N6O3S. The summed E-state index contributed by atoms with van der Waals surface area (Å²) in [5.41, 5.74) is 6.73. The van der Waals surface area contributed by atoms with Gasteiger partial charge in [0.1, 0.15) is 0 Å². The molecule has 0 bridgehead atoms. The molecule has 0 radical (unpaired) electrons. The van der Waals surface area contributed by atoms with Crippen molar-refractivity contribution in [3.8, 4) is 11.3 Å². The quantitative estimate of drug-likeness (QED) is 0.423. The van der Waals surface area contributed by atoms with E-state index in [2.05, 4.69) is 15.3 Å². The van der Waals surface area contributed by atoms with Crippen molar-refractivity contribution >= 4 is 29.0 Å². The number of nitrogens with zero attached hydrogens (tertiary/aromatic N) is 5. The SMILES string of the molecule is NC(=O)CSc1nnc2ccc(-c3cccc([N+](=O)[O-])c3)nn12. The Balaban J connectivity index is 2.02. The number of carbonyl (C=O) groups is 1. The Bertz CT molecular complexity index is 910. The van der Waals surface area contributed by atoms with Crippen molar-refractivity contribution < 1.29 is 9.72 Å². The van der Waals surface area contributed by atoms with Crippen molar-refractivity contribution in [1.29, 1.82) is 0 Å². The Kier molecular flexibility index (Phi) is 3.89. The zero-order valence-electron chi connectivity index (χ0n) is 11.6. The second-order valence-corrected chi connectivity index (χ2v) is 5.48. The molecule has 0 saturated heterocycles. The van der Waals surface area contributed by atoms with Crippen LogP contribution in [0, 0.1) is 10.1 Å². The third kappa shape index (κ3) is 3.11. The number of non-ortho nitro benzene ring substituents is 1. The molecule has 1 aromatic carbocycles. The number of primary amides is 1. The van der Waals surface area contributed by atoms with Crippen molar-refractivity contribution in [3.63, 3.8) is 0 Å². The van der Waals surface area contributed by atoms with Crippen LogP contribution in [0.4, 0.5) is 5.69 Å². The molecular weight excluding hydrogens is 320 g/mol. The van der Waals surface area contributed by atoms with Crippen molar-refractivity contribution in [2.24, 2.45) is 5.73 Å². The number of hydrogen-bond acceptors (Lipinski definition) is 7. The molecule has 9 nitrogen and oxygen atoms in total. The number of thioether (sulfide) groups is 1. The van der Waals surface area contributed by atoms with Gasteiger partial charge in [0.05, 0.1) is 16.4 Å². The van der Waals surface area contributed by atoms with Gasteiger partial charge in [-0.1, -0.05) is 23.9 Å². The van der Waals surface area contributed by atoms with E-state index in [1.165, 1.54) is 16.6 Å². The lowest BCUT2D eigenvalue weighted by Gasteiger charge is -2.02. The molecule has 0 aliphatic rings. The van der Waals surface area contributed by atoms with Gasteiger partial charge >= 0.3 is 0 Å². The van der Waals surface area contributed by atoms with Crippen LogP contribution in [-0.2, 0) is 4.79 Å². The van der Waals surface area contributed by atoms with Crippen LogP contribution in [0.1, 0.15) is 0 Å². The molecule has 0 fully saturated rings. The van der Waals surface area contributed by atoms with E-state index < -0.39 is 10.8 Å². The van der Waals surface area contributed by atoms with E-state index in [0.717, 1.165) is 11.8 Å². The summed E-state index contributed by atoms with van der Waals surface area (Å²) in [7, 11) is 0. The van der Waals surface area contributed by atoms with E-state index in [-0.39, 0.29) is 11.4 Å². The highest BCUT2D eigenvalue weighted by Gasteiger charge is 2.12. The summed E-state index contributed by atoms with van der Waals surface area (Å²) in [6.45, 7) is 0. The summed E-state index contributed by atoms with van der Waals surface area (Å²) in [5, 5.41) is 23.6.